The number of anilines is 2. The topological polar surface area (TPSA) is 87.1 Å². The second kappa shape index (κ2) is 6.63. The SMILES string of the molecule is Cc1cccc(NC2=NC(c3c[nH]c4ccccc34)n3c(nc(C)cc3=O)N2)c1. The lowest BCUT2D eigenvalue weighted by atomic mass is 10.1. The molecule has 0 bridgehead atoms. The lowest BCUT2D eigenvalue weighted by Crippen LogP contribution is -2.37. The van der Waals surface area contributed by atoms with Crippen molar-refractivity contribution in [3.05, 3.63) is 88.0 Å². The van der Waals surface area contributed by atoms with E-state index in [1.807, 2.05) is 68.6 Å². The van der Waals surface area contributed by atoms with Gasteiger partial charge in [-0.1, -0.05) is 30.3 Å². The zero-order valence-electron chi connectivity index (χ0n) is 16.1. The molecule has 0 radical (unpaired) electrons. The molecule has 1 unspecified atom stereocenters. The Morgan fingerprint density at radius 1 is 1.07 bits per heavy atom. The maximum absolute atomic E-state index is 12.8. The van der Waals surface area contributed by atoms with Gasteiger partial charge in [-0.25, -0.2) is 9.98 Å². The summed E-state index contributed by atoms with van der Waals surface area (Å²) in [5, 5.41) is 7.51. The van der Waals surface area contributed by atoms with Crippen LogP contribution >= 0.6 is 0 Å². The van der Waals surface area contributed by atoms with Crippen LogP contribution in [0, 0.1) is 13.8 Å². The van der Waals surface area contributed by atoms with E-state index in [0.29, 0.717) is 17.6 Å². The Morgan fingerprint density at radius 2 is 1.93 bits per heavy atom. The van der Waals surface area contributed by atoms with E-state index in [4.69, 9.17) is 4.99 Å². The maximum atomic E-state index is 12.8. The van der Waals surface area contributed by atoms with Gasteiger partial charge < -0.3 is 10.3 Å². The minimum absolute atomic E-state index is 0.145. The minimum Gasteiger partial charge on any atom is -0.361 e. The lowest BCUT2D eigenvalue weighted by Gasteiger charge is -2.26. The summed E-state index contributed by atoms with van der Waals surface area (Å²) in [6, 6.07) is 17.6. The molecule has 2 aromatic heterocycles. The highest BCUT2D eigenvalue weighted by molar-refractivity contribution is 6.03. The van der Waals surface area contributed by atoms with E-state index >= 15 is 0 Å². The summed E-state index contributed by atoms with van der Waals surface area (Å²) in [4.78, 5) is 25.5. The third-order valence-electron chi connectivity index (χ3n) is 4.99. The Morgan fingerprint density at radius 3 is 2.79 bits per heavy atom. The number of aliphatic imine (C=N–C) groups is 1. The largest absolute Gasteiger partial charge is 0.361 e. The summed E-state index contributed by atoms with van der Waals surface area (Å²) in [5.74, 6) is 1.01. The van der Waals surface area contributed by atoms with Gasteiger partial charge in [-0.15, -0.1) is 0 Å². The smallest absolute Gasteiger partial charge is 0.257 e. The first kappa shape index (κ1) is 17.2. The second-order valence-electron chi connectivity index (χ2n) is 7.19. The fourth-order valence-corrected chi connectivity index (χ4v) is 3.69. The third-order valence-corrected chi connectivity index (χ3v) is 4.99. The van der Waals surface area contributed by atoms with Crippen LogP contribution in [0.25, 0.3) is 10.9 Å². The van der Waals surface area contributed by atoms with Crippen molar-refractivity contribution < 1.29 is 0 Å². The summed E-state index contributed by atoms with van der Waals surface area (Å²) >= 11 is 0. The number of aromatic nitrogens is 3. The van der Waals surface area contributed by atoms with E-state index in [-0.39, 0.29) is 5.56 Å². The number of benzene rings is 2. The van der Waals surface area contributed by atoms with Gasteiger partial charge in [0.15, 0.2) is 6.17 Å². The molecule has 1 aliphatic rings. The zero-order chi connectivity index (χ0) is 20.0. The van der Waals surface area contributed by atoms with Crippen molar-refractivity contribution in [1.29, 1.82) is 0 Å². The molecule has 0 saturated carbocycles. The average Bonchev–Trinajstić information content (AvgIpc) is 3.11. The van der Waals surface area contributed by atoms with Crippen molar-refractivity contribution in [2.45, 2.75) is 20.0 Å². The summed E-state index contributed by atoms with van der Waals surface area (Å²) in [6.45, 7) is 3.85. The van der Waals surface area contributed by atoms with Crippen LogP contribution in [0.15, 0.2) is 70.6 Å². The number of hydrogen-bond donors (Lipinski definition) is 3. The Bertz CT molecular complexity index is 1320. The quantitative estimate of drug-likeness (QED) is 0.491. The Balaban J connectivity index is 1.66. The molecule has 3 heterocycles. The molecule has 7 heteroatoms. The molecule has 29 heavy (non-hydrogen) atoms. The Kier molecular flexibility index (Phi) is 3.94. The molecule has 5 rings (SSSR count). The molecule has 3 N–H and O–H groups in total. The van der Waals surface area contributed by atoms with Crippen LogP contribution in [0.5, 0.6) is 0 Å². The van der Waals surface area contributed by atoms with Gasteiger partial charge in [0, 0.05) is 40.1 Å². The van der Waals surface area contributed by atoms with Crippen LogP contribution in [-0.2, 0) is 0 Å². The van der Waals surface area contributed by atoms with Crippen molar-refractivity contribution in [2.75, 3.05) is 10.6 Å². The highest BCUT2D eigenvalue weighted by atomic mass is 16.1. The Labute approximate surface area is 167 Å². The first-order chi connectivity index (χ1) is 14.1. The van der Waals surface area contributed by atoms with Crippen LogP contribution in [0.3, 0.4) is 0 Å². The van der Waals surface area contributed by atoms with Crippen molar-refractivity contribution in [3.8, 4) is 0 Å². The number of H-pyrrole nitrogens is 1. The summed E-state index contributed by atoms with van der Waals surface area (Å²) in [7, 11) is 0. The van der Waals surface area contributed by atoms with Gasteiger partial charge in [0.1, 0.15) is 0 Å². The molecule has 1 atom stereocenters. The third kappa shape index (κ3) is 3.06. The lowest BCUT2D eigenvalue weighted by molar-refractivity contribution is 0.581. The molecular formula is C22H20N6O. The number of nitrogens with one attached hydrogen (secondary N) is 3. The van der Waals surface area contributed by atoms with E-state index in [2.05, 4.69) is 20.6 Å². The van der Waals surface area contributed by atoms with Crippen molar-refractivity contribution in [3.63, 3.8) is 0 Å². The van der Waals surface area contributed by atoms with Crippen molar-refractivity contribution >= 4 is 28.5 Å². The molecule has 0 spiro atoms. The standard InChI is InChI=1S/C22H20N6O/c1-13-6-5-7-15(10-13)25-21-26-20(17-12-23-18-9-4-3-8-16(17)18)28-19(29)11-14(2)24-22(28)27-21/h3-12,20,23H,1-2H3,(H2,24,25,26,27). The molecule has 4 aromatic rings. The monoisotopic (exact) mass is 384 g/mol. The molecule has 0 amide bonds. The number of fused-ring (bicyclic) bond motifs is 2. The maximum Gasteiger partial charge on any atom is 0.257 e. The van der Waals surface area contributed by atoms with Gasteiger partial charge in [-0.2, -0.15) is 0 Å². The van der Waals surface area contributed by atoms with E-state index in [1.54, 1.807) is 4.57 Å². The molecule has 0 fully saturated rings. The molecule has 2 aromatic carbocycles. The molecular weight excluding hydrogens is 364 g/mol. The van der Waals surface area contributed by atoms with Gasteiger partial charge in [0.2, 0.25) is 11.9 Å². The molecule has 144 valence electrons. The molecule has 1 aliphatic heterocycles. The van der Waals surface area contributed by atoms with Crippen LogP contribution in [0.4, 0.5) is 11.6 Å². The van der Waals surface area contributed by atoms with Crippen LogP contribution in [-0.4, -0.2) is 20.5 Å². The number of hydrogen-bond acceptors (Lipinski definition) is 5. The fourth-order valence-electron chi connectivity index (χ4n) is 3.69. The number of aromatic amines is 1. The van der Waals surface area contributed by atoms with Crippen molar-refractivity contribution in [2.24, 2.45) is 4.99 Å². The van der Waals surface area contributed by atoms with Gasteiger partial charge in [0.05, 0.1) is 0 Å². The van der Waals surface area contributed by atoms with E-state index in [1.165, 1.54) is 6.07 Å². The molecule has 0 saturated heterocycles. The van der Waals surface area contributed by atoms with Crippen molar-refractivity contribution in [1.82, 2.24) is 14.5 Å². The van der Waals surface area contributed by atoms with Gasteiger partial charge in [0.25, 0.3) is 5.56 Å². The van der Waals surface area contributed by atoms with Gasteiger partial charge >= 0.3 is 0 Å². The van der Waals surface area contributed by atoms with Crippen LogP contribution < -0.4 is 16.2 Å². The summed E-state index contributed by atoms with van der Waals surface area (Å²) in [6.07, 6.45) is 1.38. The number of nitrogens with zero attached hydrogens (tertiary/aromatic N) is 3. The molecule has 0 aliphatic carbocycles. The predicted octanol–water partition coefficient (Wildman–Crippen LogP) is 3.78. The summed E-state index contributed by atoms with van der Waals surface area (Å²) in [5.41, 5.74) is 4.48. The van der Waals surface area contributed by atoms with E-state index in [0.717, 1.165) is 27.7 Å². The summed E-state index contributed by atoms with van der Waals surface area (Å²) < 4.78 is 1.59. The average molecular weight is 384 g/mol. The van der Waals surface area contributed by atoms with E-state index < -0.39 is 6.17 Å². The Hall–Kier alpha value is -3.87. The second-order valence-corrected chi connectivity index (χ2v) is 7.19. The van der Waals surface area contributed by atoms with Gasteiger partial charge in [-0.3, -0.25) is 14.7 Å². The first-order valence-electron chi connectivity index (χ1n) is 9.43. The highest BCUT2D eigenvalue weighted by Crippen LogP contribution is 2.31. The van der Waals surface area contributed by atoms with Gasteiger partial charge in [-0.05, 0) is 37.6 Å². The number of para-hydroxylation sites is 1. The number of aryl methyl sites for hydroxylation is 2. The number of guanidine groups is 1. The zero-order valence-corrected chi connectivity index (χ0v) is 16.1. The first-order valence-corrected chi connectivity index (χ1v) is 9.43. The normalized spacial score (nSPS) is 15.5. The predicted molar refractivity (Wildman–Crippen MR) is 116 cm³/mol. The minimum atomic E-state index is -0.532. The van der Waals surface area contributed by atoms with E-state index in [9.17, 15) is 4.79 Å². The van der Waals surface area contributed by atoms with Crippen LogP contribution in [0.1, 0.15) is 23.0 Å². The highest BCUT2D eigenvalue weighted by Gasteiger charge is 2.27. The molecule has 7 nitrogen and oxygen atoms in total. The number of rotatable bonds is 2. The van der Waals surface area contributed by atoms with Crippen LogP contribution in [0.2, 0.25) is 0 Å². The fraction of sp³-hybridized carbons (Fsp3) is 0.136.